The fourth-order valence-electron chi connectivity index (χ4n) is 3.05. The number of aliphatic hydroxyl groups is 6. The van der Waals surface area contributed by atoms with Gasteiger partial charge in [0.15, 0.2) is 12.6 Å². The summed E-state index contributed by atoms with van der Waals surface area (Å²) in [5, 5.41) is 61.5. The first kappa shape index (κ1) is 22.4. The van der Waals surface area contributed by atoms with Gasteiger partial charge < -0.3 is 54.9 Å². The molecule has 2 aliphatic heterocycles. The van der Waals surface area contributed by atoms with E-state index < -0.39 is 73.9 Å². The van der Waals surface area contributed by atoms with E-state index in [9.17, 15) is 35.4 Å². The Bertz CT molecular complexity index is 492. The predicted molar refractivity (Wildman–Crippen MR) is 85.0 cm³/mol. The number of hydrogen-bond donors (Lipinski definition) is 7. The molecule has 2 aliphatic rings. The highest BCUT2D eigenvalue weighted by molar-refractivity contribution is 5.73. The first-order valence-electron chi connectivity index (χ1n) is 8.44. The lowest BCUT2D eigenvalue weighted by molar-refractivity contribution is -0.316. The van der Waals surface area contributed by atoms with Crippen LogP contribution in [0.5, 0.6) is 0 Å². The Labute approximate surface area is 155 Å². The van der Waals surface area contributed by atoms with Crippen LogP contribution in [0, 0.1) is 0 Å². The van der Waals surface area contributed by atoms with Crippen LogP contribution in [0.15, 0.2) is 0 Å². The van der Waals surface area contributed by atoms with Crippen LogP contribution in [0.1, 0.15) is 6.92 Å². The molecule has 0 aromatic carbocycles. The molecule has 10 unspecified atom stereocenters. The van der Waals surface area contributed by atoms with Gasteiger partial charge in [-0.15, -0.1) is 0 Å². The SMILES string of the molecule is COC1OC(COC2OC(CO)C(O)C(O)C2NC(C)=O)C(O)C(O)C1O. The number of aliphatic hydroxyl groups excluding tert-OH is 6. The largest absolute Gasteiger partial charge is 0.394 e. The van der Waals surface area contributed by atoms with Crippen molar-refractivity contribution in [3.8, 4) is 0 Å². The van der Waals surface area contributed by atoms with Crippen molar-refractivity contribution in [2.24, 2.45) is 0 Å². The molecule has 2 saturated heterocycles. The maximum atomic E-state index is 11.4. The highest BCUT2D eigenvalue weighted by Crippen LogP contribution is 2.25. The van der Waals surface area contributed by atoms with E-state index in [0.29, 0.717) is 0 Å². The minimum Gasteiger partial charge on any atom is -0.394 e. The summed E-state index contributed by atoms with van der Waals surface area (Å²) in [5.74, 6) is -0.516. The lowest BCUT2D eigenvalue weighted by atomic mass is 9.96. The number of carbonyl (C=O) groups excluding carboxylic acids is 1. The van der Waals surface area contributed by atoms with E-state index in [4.69, 9.17) is 18.9 Å². The van der Waals surface area contributed by atoms with Crippen LogP contribution >= 0.6 is 0 Å². The van der Waals surface area contributed by atoms with Crippen LogP contribution in [0.25, 0.3) is 0 Å². The lowest BCUT2D eigenvalue weighted by Crippen LogP contribution is -2.65. The number of amides is 1. The maximum absolute atomic E-state index is 11.4. The highest BCUT2D eigenvalue weighted by Gasteiger charge is 2.47. The van der Waals surface area contributed by atoms with Crippen molar-refractivity contribution in [3.63, 3.8) is 0 Å². The van der Waals surface area contributed by atoms with Gasteiger partial charge in [-0.25, -0.2) is 0 Å². The maximum Gasteiger partial charge on any atom is 0.217 e. The number of hydrogen-bond acceptors (Lipinski definition) is 11. The van der Waals surface area contributed by atoms with E-state index in [2.05, 4.69) is 5.32 Å². The van der Waals surface area contributed by atoms with Gasteiger partial charge in [-0.2, -0.15) is 0 Å². The quantitative estimate of drug-likeness (QED) is 0.228. The van der Waals surface area contributed by atoms with Gasteiger partial charge in [-0.1, -0.05) is 0 Å². The summed E-state index contributed by atoms with van der Waals surface area (Å²) in [6.45, 7) is 0.222. The predicted octanol–water partition coefficient (Wildman–Crippen LogP) is -4.60. The van der Waals surface area contributed by atoms with Gasteiger partial charge in [0, 0.05) is 14.0 Å². The number of nitrogens with one attached hydrogen (secondary N) is 1. The third-order valence-electron chi connectivity index (χ3n) is 4.58. The van der Waals surface area contributed by atoms with Gasteiger partial charge in [0.1, 0.15) is 48.8 Å². The fraction of sp³-hybridized carbons (Fsp3) is 0.933. The number of carbonyl (C=O) groups is 1. The molecule has 10 atom stereocenters. The van der Waals surface area contributed by atoms with E-state index in [1.807, 2.05) is 0 Å². The molecule has 12 heteroatoms. The summed E-state index contributed by atoms with van der Waals surface area (Å²) in [6, 6.07) is -1.16. The summed E-state index contributed by atoms with van der Waals surface area (Å²) in [7, 11) is 1.25. The standard InChI is InChI=1S/C15H27NO11/c1-5(18)16-8-11(21)9(19)6(3-17)26-14(8)25-4-7-10(20)12(22)13(23)15(24-2)27-7/h6-15,17,19-23H,3-4H2,1-2H3,(H,16,18). The van der Waals surface area contributed by atoms with Crippen molar-refractivity contribution < 1.29 is 54.4 Å². The van der Waals surface area contributed by atoms with Crippen LogP contribution in [0.4, 0.5) is 0 Å². The average Bonchev–Trinajstić information content (AvgIpc) is 2.64. The minimum absolute atomic E-state index is 0.369. The molecule has 1 amide bonds. The molecule has 0 aromatic rings. The summed E-state index contributed by atoms with van der Waals surface area (Å²) in [4.78, 5) is 11.4. The second-order valence-corrected chi connectivity index (χ2v) is 6.52. The molecule has 0 bridgehead atoms. The topological polar surface area (TPSA) is 187 Å². The Balaban J connectivity index is 2.07. The molecule has 0 aliphatic carbocycles. The molecule has 12 nitrogen and oxygen atoms in total. The molecule has 2 rings (SSSR count). The Hall–Kier alpha value is -0.930. The summed E-state index contributed by atoms with van der Waals surface area (Å²) in [6.07, 6.45) is -12.2. The smallest absolute Gasteiger partial charge is 0.217 e. The van der Waals surface area contributed by atoms with Gasteiger partial charge in [0.25, 0.3) is 0 Å². The summed E-state index contributed by atoms with van der Waals surface area (Å²) < 4.78 is 21.1. The van der Waals surface area contributed by atoms with Crippen LogP contribution in [-0.2, 0) is 23.7 Å². The normalized spacial score (nSPS) is 45.5. The van der Waals surface area contributed by atoms with Gasteiger partial charge in [0.2, 0.25) is 5.91 Å². The molecular weight excluding hydrogens is 370 g/mol. The molecule has 2 heterocycles. The molecule has 2 fully saturated rings. The number of ether oxygens (including phenoxy) is 4. The first-order chi connectivity index (χ1) is 12.7. The molecule has 0 spiro atoms. The second-order valence-electron chi connectivity index (χ2n) is 6.52. The Morgan fingerprint density at radius 1 is 0.926 bits per heavy atom. The van der Waals surface area contributed by atoms with Gasteiger partial charge in [-0.3, -0.25) is 4.79 Å². The molecular formula is C15H27NO11. The van der Waals surface area contributed by atoms with Crippen molar-refractivity contribution in [1.82, 2.24) is 5.32 Å². The summed E-state index contributed by atoms with van der Waals surface area (Å²) in [5.41, 5.74) is 0. The van der Waals surface area contributed by atoms with Crippen molar-refractivity contribution >= 4 is 5.91 Å². The molecule has 158 valence electrons. The van der Waals surface area contributed by atoms with Gasteiger partial charge in [0.05, 0.1) is 13.2 Å². The van der Waals surface area contributed by atoms with Crippen molar-refractivity contribution in [2.45, 2.75) is 68.3 Å². The molecule has 7 N–H and O–H groups in total. The number of methoxy groups -OCH3 is 1. The van der Waals surface area contributed by atoms with Crippen molar-refractivity contribution in [1.29, 1.82) is 0 Å². The van der Waals surface area contributed by atoms with Gasteiger partial charge >= 0.3 is 0 Å². The monoisotopic (exact) mass is 397 g/mol. The van der Waals surface area contributed by atoms with E-state index in [0.717, 1.165) is 0 Å². The fourth-order valence-corrected chi connectivity index (χ4v) is 3.05. The van der Waals surface area contributed by atoms with E-state index in [1.54, 1.807) is 0 Å². The number of rotatable bonds is 6. The Kier molecular flexibility index (Phi) is 7.88. The minimum atomic E-state index is -1.55. The van der Waals surface area contributed by atoms with E-state index >= 15 is 0 Å². The molecule has 0 saturated carbocycles. The lowest BCUT2D eigenvalue weighted by Gasteiger charge is -2.44. The van der Waals surface area contributed by atoms with Crippen LogP contribution < -0.4 is 5.32 Å². The van der Waals surface area contributed by atoms with Crippen molar-refractivity contribution in [3.05, 3.63) is 0 Å². The zero-order valence-electron chi connectivity index (χ0n) is 14.9. The third kappa shape index (κ3) is 4.92. The third-order valence-corrected chi connectivity index (χ3v) is 4.58. The molecule has 27 heavy (non-hydrogen) atoms. The Morgan fingerprint density at radius 3 is 2.07 bits per heavy atom. The Morgan fingerprint density at radius 2 is 1.52 bits per heavy atom. The van der Waals surface area contributed by atoms with Crippen LogP contribution in [-0.4, -0.2) is 118 Å². The zero-order valence-corrected chi connectivity index (χ0v) is 14.9. The highest BCUT2D eigenvalue weighted by atomic mass is 16.7. The van der Waals surface area contributed by atoms with Crippen LogP contribution in [0.3, 0.4) is 0 Å². The first-order valence-corrected chi connectivity index (χ1v) is 8.44. The zero-order chi connectivity index (χ0) is 20.3. The second kappa shape index (κ2) is 9.52. The van der Waals surface area contributed by atoms with E-state index in [1.165, 1.54) is 14.0 Å². The van der Waals surface area contributed by atoms with E-state index in [-0.39, 0.29) is 6.61 Å². The van der Waals surface area contributed by atoms with Crippen molar-refractivity contribution in [2.75, 3.05) is 20.3 Å². The summed E-state index contributed by atoms with van der Waals surface area (Å²) >= 11 is 0. The van der Waals surface area contributed by atoms with Crippen LogP contribution in [0.2, 0.25) is 0 Å². The molecule has 0 aromatic heterocycles. The van der Waals surface area contributed by atoms with Gasteiger partial charge in [-0.05, 0) is 0 Å². The molecule has 0 radical (unpaired) electrons. The average molecular weight is 397 g/mol.